The van der Waals surface area contributed by atoms with E-state index in [9.17, 15) is 10.1 Å². The summed E-state index contributed by atoms with van der Waals surface area (Å²) in [6.45, 7) is 0.108. The summed E-state index contributed by atoms with van der Waals surface area (Å²) in [7, 11) is 0. The fraction of sp³-hybridized carbons (Fsp3) is 0.222. The average Bonchev–Trinajstić information content (AvgIpc) is 2.16. The van der Waals surface area contributed by atoms with Crippen LogP contribution < -0.4 is 10.5 Å². The summed E-state index contributed by atoms with van der Waals surface area (Å²) in [6.07, 6.45) is 0.212. The van der Waals surface area contributed by atoms with Crippen LogP contribution in [0.3, 0.4) is 0 Å². The van der Waals surface area contributed by atoms with Crippen LogP contribution in [0.25, 0.3) is 0 Å². The molecule has 0 fully saturated rings. The van der Waals surface area contributed by atoms with Gasteiger partial charge in [0, 0.05) is 23.6 Å². The second kappa shape index (κ2) is 5.32. The molecule has 1 aromatic rings. The maximum absolute atomic E-state index is 10.6. The lowest BCUT2D eigenvalue weighted by Gasteiger charge is -2.06. The first-order valence-corrected chi connectivity index (χ1v) is 4.78. The number of hydrogen-bond acceptors (Lipinski definition) is 4. The number of hydrogen-bond donors (Lipinski definition) is 2. The lowest BCUT2D eigenvalue weighted by Crippen LogP contribution is -2.14. The number of amidine groups is 1. The molecule has 6 nitrogen and oxygen atoms in total. The smallest absolute Gasteiger partial charge is 0.311 e. The van der Waals surface area contributed by atoms with Crippen molar-refractivity contribution in [2.24, 2.45) is 5.73 Å². The molecule has 1 rings (SSSR count). The maximum Gasteiger partial charge on any atom is 0.311 e. The molecule has 0 aromatic heterocycles. The lowest BCUT2D eigenvalue weighted by molar-refractivity contribution is -0.385. The molecule has 0 spiro atoms. The molecular weight excluding hydrogens is 234 g/mol. The van der Waals surface area contributed by atoms with E-state index in [2.05, 4.69) is 0 Å². The third-order valence-corrected chi connectivity index (χ3v) is 1.98. The Morgan fingerprint density at radius 2 is 2.31 bits per heavy atom. The third-order valence-electron chi connectivity index (χ3n) is 1.75. The van der Waals surface area contributed by atoms with E-state index in [-0.39, 0.29) is 30.3 Å². The first-order chi connectivity index (χ1) is 7.50. The van der Waals surface area contributed by atoms with Gasteiger partial charge in [0.1, 0.15) is 0 Å². The van der Waals surface area contributed by atoms with Crippen molar-refractivity contribution in [1.29, 1.82) is 5.41 Å². The summed E-state index contributed by atoms with van der Waals surface area (Å²) in [5, 5.41) is 18.0. The Balaban J connectivity index is 2.80. The summed E-state index contributed by atoms with van der Waals surface area (Å²) in [4.78, 5) is 10.1. The molecule has 0 heterocycles. The van der Waals surface area contributed by atoms with E-state index >= 15 is 0 Å². The molecule has 16 heavy (non-hydrogen) atoms. The monoisotopic (exact) mass is 243 g/mol. The largest absolute Gasteiger partial charge is 0.486 e. The van der Waals surface area contributed by atoms with E-state index in [1.807, 2.05) is 0 Å². The summed E-state index contributed by atoms with van der Waals surface area (Å²) in [5.74, 6) is 0.0448. The molecule has 0 saturated carbocycles. The second-order valence-corrected chi connectivity index (χ2v) is 3.43. The highest BCUT2D eigenvalue weighted by molar-refractivity contribution is 6.30. The molecular formula is C9H10ClN3O3. The third kappa shape index (κ3) is 3.39. The summed E-state index contributed by atoms with van der Waals surface area (Å²) >= 11 is 5.69. The van der Waals surface area contributed by atoms with E-state index in [1.54, 1.807) is 0 Å². The summed E-state index contributed by atoms with van der Waals surface area (Å²) < 4.78 is 5.14. The minimum absolute atomic E-state index is 0.0373. The van der Waals surface area contributed by atoms with Crippen molar-refractivity contribution < 1.29 is 9.66 Å². The zero-order valence-corrected chi connectivity index (χ0v) is 9.03. The van der Waals surface area contributed by atoms with Gasteiger partial charge in [-0.3, -0.25) is 15.5 Å². The van der Waals surface area contributed by atoms with E-state index in [1.165, 1.54) is 18.2 Å². The minimum Gasteiger partial charge on any atom is -0.486 e. The van der Waals surface area contributed by atoms with Crippen molar-refractivity contribution in [2.75, 3.05) is 6.61 Å². The van der Waals surface area contributed by atoms with Crippen molar-refractivity contribution >= 4 is 23.1 Å². The van der Waals surface area contributed by atoms with Gasteiger partial charge < -0.3 is 10.5 Å². The molecule has 0 aliphatic carbocycles. The average molecular weight is 244 g/mol. The van der Waals surface area contributed by atoms with Crippen molar-refractivity contribution in [2.45, 2.75) is 6.42 Å². The SMILES string of the molecule is N=C(N)CCOc1cc(Cl)ccc1[N+](=O)[O-]. The zero-order chi connectivity index (χ0) is 12.1. The number of nitrogens with one attached hydrogen (secondary N) is 1. The molecule has 0 atom stereocenters. The number of halogens is 1. The van der Waals surface area contributed by atoms with Gasteiger partial charge in [-0.2, -0.15) is 0 Å². The molecule has 0 unspecified atom stereocenters. The molecule has 0 bridgehead atoms. The molecule has 0 saturated heterocycles. The van der Waals surface area contributed by atoms with Crippen LogP contribution in [-0.2, 0) is 0 Å². The van der Waals surface area contributed by atoms with Crippen molar-refractivity contribution in [3.05, 3.63) is 33.3 Å². The van der Waals surface area contributed by atoms with Crippen LogP contribution in [0.4, 0.5) is 5.69 Å². The van der Waals surface area contributed by atoms with Gasteiger partial charge >= 0.3 is 5.69 Å². The first kappa shape index (κ1) is 12.3. The van der Waals surface area contributed by atoms with Gasteiger partial charge in [0.2, 0.25) is 0 Å². The van der Waals surface area contributed by atoms with E-state index in [0.717, 1.165) is 0 Å². The number of rotatable bonds is 5. The quantitative estimate of drug-likeness (QED) is 0.357. The number of nitrogens with zero attached hydrogens (tertiary/aromatic N) is 1. The highest BCUT2D eigenvalue weighted by Gasteiger charge is 2.15. The number of nitrogens with two attached hydrogens (primary N) is 1. The van der Waals surface area contributed by atoms with Gasteiger partial charge in [0.05, 0.1) is 17.4 Å². The number of nitro benzene ring substituents is 1. The van der Waals surface area contributed by atoms with Crippen LogP contribution in [0.15, 0.2) is 18.2 Å². The molecule has 1 aromatic carbocycles. The van der Waals surface area contributed by atoms with Crippen molar-refractivity contribution in [3.8, 4) is 5.75 Å². The van der Waals surface area contributed by atoms with Crippen molar-refractivity contribution in [3.63, 3.8) is 0 Å². The standard InChI is InChI=1S/C9H10ClN3O3/c10-6-1-2-7(13(14)15)8(5-6)16-4-3-9(11)12/h1-2,5H,3-4H2,(H3,11,12). The van der Waals surface area contributed by atoms with Gasteiger partial charge in [-0.25, -0.2) is 0 Å². The molecule has 0 aliphatic heterocycles. The van der Waals surface area contributed by atoms with Gasteiger partial charge in [-0.15, -0.1) is 0 Å². The summed E-state index contributed by atoms with van der Waals surface area (Å²) in [5.41, 5.74) is 4.97. The Morgan fingerprint density at radius 1 is 1.62 bits per heavy atom. The zero-order valence-electron chi connectivity index (χ0n) is 8.27. The molecule has 0 aliphatic rings. The second-order valence-electron chi connectivity index (χ2n) is 2.99. The molecule has 0 amide bonds. The molecule has 0 radical (unpaired) electrons. The normalized spacial score (nSPS) is 9.81. The predicted octanol–water partition coefficient (Wildman–Crippen LogP) is 1.95. The van der Waals surface area contributed by atoms with Crippen LogP contribution in [0.1, 0.15) is 6.42 Å². The van der Waals surface area contributed by atoms with E-state index in [0.29, 0.717) is 5.02 Å². The molecule has 86 valence electrons. The fourth-order valence-corrected chi connectivity index (χ4v) is 1.19. The van der Waals surface area contributed by atoms with Crippen LogP contribution in [-0.4, -0.2) is 17.4 Å². The lowest BCUT2D eigenvalue weighted by atomic mass is 10.3. The maximum atomic E-state index is 10.6. The Hall–Kier alpha value is -1.82. The number of nitro groups is 1. The Kier molecular flexibility index (Phi) is 4.07. The molecule has 7 heteroatoms. The number of benzene rings is 1. The van der Waals surface area contributed by atoms with Crippen LogP contribution >= 0.6 is 11.6 Å². The topological polar surface area (TPSA) is 102 Å². The van der Waals surface area contributed by atoms with Gasteiger partial charge in [-0.05, 0) is 6.07 Å². The summed E-state index contributed by atoms with van der Waals surface area (Å²) in [6, 6.07) is 4.04. The minimum atomic E-state index is -0.556. The first-order valence-electron chi connectivity index (χ1n) is 4.40. The van der Waals surface area contributed by atoms with E-state index in [4.69, 9.17) is 27.5 Å². The Bertz CT molecular complexity index is 422. The van der Waals surface area contributed by atoms with Crippen LogP contribution in [0.2, 0.25) is 5.02 Å². The van der Waals surface area contributed by atoms with Gasteiger partial charge in [-0.1, -0.05) is 11.6 Å². The van der Waals surface area contributed by atoms with Crippen LogP contribution in [0, 0.1) is 15.5 Å². The highest BCUT2D eigenvalue weighted by atomic mass is 35.5. The molecule has 3 N–H and O–H groups in total. The van der Waals surface area contributed by atoms with Gasteiger partial charge in [0.15, 0.2) is 5.75 Å². The van der Waals surface area contributed by atoms with Crippen LogP contribution in [0.5, 0.6) is 5.75 Å². The Labute approximate surface area is 96.6 Å². The van der Waals surface area contributed by atoms with Crippen molar-refractivity contribution in [1.82, 2.24) is 0 Å². The van der Waals surface area contributed by atoms with E-state index < -0.39 is 4.92 Å². The predicted molar refractivity (Wildman–Crippen MR) is 60.1 cm³/mol. The fourth-order valence-electron chi connectivity index (χ4n) is 1.03. The van der Waals surface area contributed by atoms with Gasteiger partial charge in [0.25, 0.3) is 0 Å². The highest BCUT2D eigenvalue weighted by Crippen LogP contribution is 2.29. The number of ether oxygens (including phenoxy) is 1. The Morgan fingerprint density at radius 3 is 2.88 bits per heavy atom.